The van der Waals surface area contributed by atoms with Crippen LogP contribution in [-0.2, 0) is 10.3 Å². The van der Waals surface area contributed by atoms with Crippen molar-refractivity contribution >= 4 is 29.3 Å². The highest BCUT2D eigenvalue weighted by molar-refractivity contribution is 7.80. The minimum absolute atomic E-state index is 0.240. The molecule has 4 nitrogen and oxygen atoms in total. The van der Waals surface area contributed by atoms with E-state index in [4.69, 9.17) is 16.6 Å². The van der Waals surface area contributed by atoms with Crippen LogP contribution in [0.5, 0.6) is 0 Å². The summed E-state index contributed by atoms with van der Waals surface area (Å²) in [5.74, 6) is 0.485. The SMILES string of the molecule is CC(C)(c1ccccc1)[N+](=C=O)C(=S)Nc1ccco1. The normalized spacial score (nSPS) is 10.7. The Morgan fingerprint density at radius 2 is 1.95 bits per heavy atom. The van der Waals surface area contributed by atoms with Gasteiger partial charge in [0.25, 0.3) is 5.88 Å². The Labute approximate surface area is 122 Å². The molecule has 0 atom stereocenters. The molecule has 1 aromatic carbocycles. The van der Waals surface area contributed by atoms with Crippen LogP contribution >= 0.6 is 12.2 Å². The third-order valence-electron chi connectivity index (χ3n) is 3.08. The molecule has 0 radical (unpaired) electrons. The number of thiocarbonyl (C=S) groups is 1. The van der Waals surface area contributed by atoms with Gasteiger partial charge in [0.1, 0.15) is 5.54 Å². The van der Waals surface area contributed by atoms with Crippen molar-refractivity contribution in [1.82, 2.24) is 0 Å². The number of isocyanates is 1. The van der Waals surface area contributed by atoms with E-state index in [1.54, 1.807) is 12.1 Å². The fraction of sp³-hybridized carbons (Fsp3) is 0.200. The van der Waals surface area contributed by atoms with Gasteiger partial charge >= 0.3 is 11.2 Å². The van der Waals surface area contributed by atoms with Crippen LogP contribution in [-0.4, -0.2) is 15.8 Å². The molecular weight excluding hydrogens is 272 g/mol. The van der Waals surface area contributed by atoms with Crippen molar-refractivity contribution in [1.29, 1.82) is 0 Å². The Bertz CT molecular complexity index is 642. The van der Waals surface area contributed by atoms with Gasteiger partial charge < -0.3 is 4.42 Å². The Kier molecular flexibility index (Phi) is 4.13. The first kappa shape index (κ1) is 14.2. The van der Waals surface area contributed by atoms with Gasteiger partial charge in [-0.1, -0.05) is 30.3 Å². The molecule has 0 amide bonds. The quantitative estimate of drug-likeness (QED) is 0.407. The molecule has 5 heteroatoms. The third-order valence-corrected chi connectivity index (χ3v) is 3.37. The van der Waals surface area contributed by atoms with Gasteiger partial charge in [-0.2, -0.15) is 10.1 Å². The molecule has 0 aliphatic carbocycles. The molecule has 0 aliphatic rings. The van der Waals surface area contributed by atoms with Crippen LogP contribution in [0.15, 0.2) is 53.1 Å². The molecule has 0 fully saturated rings. The summed E-state index contributed by atoms with van der Waals surface area (Å²) in [6, 6.07) is 13.1. The van der Waals surface area contributed by atoms with Gasteiger partial charge in [-0.3, -0.25) is 0 Å². The first-order valence-corrected chi connectivity index (χ1v) is 6.54. The van der Waals surface area contributed by atoms with Crippen molar-refractivity contribution in [3.63, 3.8) is 0 Å². The zero-order valence-electron chi connectivity index (χ0n) is 11.3. The fourth-order valence-corrected chi connectivity index (χ4v) is 2.26. The molecule has 102 valence electrons. The van der Waals surface area contributed by atoms with Crippen molar-refractivity contribution in [2.45, 2.75) is 19.4 Å². The standard InChI is InChI=1S/C15H14N2O2S/c1-15(2,12-7-4-3-5-8-12)17(11-18)14(20)16-13-9-6-10-19-13/h3-10H,1-2H3/p+1. The van der Waals surface area contributed by atoms with Gasteiger partial charge in [0.2, 0.25) is 0 Å². The highest BCUT2D eigenvalue weighted by atomic mass is 32.1. The van der Waals surface area contributed by atoms with E-state index in [-0.39, 0.29) is 5.11 Å². The predicted octanol–water partition coefficient (Wildman–Crippen LogP) is 3.26. The smallest absolute Gasteiger partial charge is 0.363 e. The second kappa shape index (κ2) is 5.82. The molecule has 0 saturated heterocycles. The van der Waals surface area contributed by atoms with Gasteiger partial charge in [-0.05, 0) is 25.5 Å². The van der Waals surface area contributed by atoms with Gasteiger partial charge in [0.05, 0.1) is 6.26 Å². The zero-order chi connectivity index (χ0) is 14.6. The molecule has 2 aromatic rings. The Balaban J connectivity index is 2.28. The maximum Gasteiger partial charge on any atom is 0.363 e. The first-order chi connectivity index (χ1) is 9.55. The van der Waals surface area contributed by atoms with Crippen molar-refractivity contribution in [3.05, 3.63) is 54.3 Å². The average molecular weight is 287 g/mol. The lowest BCUT2D eigenvalue weighted by Crippen LogP contribution is -2.40. The number of benzene rings is 1. The number of nitrogens with zero attached hydrogens (tertiary/aromatic N) is 1. The molecule has 0 aliphatic heterocycles. The third kappa shape index (κ3) is 2.85. The van der Waals surface area contributed by atoms with E-state index >= 15 is 0 Å². The molecule has 0 bridgehead atoms. The summed E-state index contributed by atoms with van der Waals surface area (Å²) >= 11 is 5.26. The Hall–Kier alpha value is -2.23. The summed E-state index contributed by atoms with van der Waals surface area (Å²) in [5, 5.41) is 3.12. The number of anilines is 1. The molecule has 0 unspecified atom stereocenters. The summed E-state index contributed by atoms with van der Waals surface area (Å²) < 4.78 is 6.51. The molecular formula is C15H15N2O2S+. The molecule has 0 saturated carbocycles. The van der Waals surface area contributed by atoms with Gasteiger partial charge in [0, 0.05) is 18.3 Å². The van der Waals surface area contributed by atoms with Crippen LogP contribution < -0.4 is 5.32 Å². The lowest BCUT2D eigenvalue weighted by atomic mass is 9.94. The molecule has 0 spiro atoms. The summed E-state index contributed by atoms with van der Waals surface area (Å²) in [6.07, 6.45) is 3.42. The largest absolute Gasteiger partial charge is 0.431 e. The van der Waals surface area contributed by atoms with E-state index in [1.807, 2.05) is 50.3 Å². The number of carbonyl (C=O) groups excluding carboxylic acids is 1. The van der Waals surface area contributed by atoms with Crippen molar-refractivity contribution in [3.8, 4) is 0 Å². The van der Waals surface area contributed by atoms with Gasteiger partial charge in [-0.25, -0.2) is 0 Å². The van der Waals surface area contributed by atoms with Crippen LogP contribution in [0.4, 0.5) is 5.88 Å². The number of nitrogens with one attached hydrogen (secondary N) is 1. The Morgan fingerprint density at radius 3 is 2.50 bits per heavy atom. The minimum atomic E-state index is -0.611. The fourth-order valence-electron chi connectivity index (χ4n) is 1.90. The maximum atomic E-state index is 11.3. The van der Waals surface area contributed by atoms with Gasteiger partial charge in [0.15, 0.2) is 0 Å². The zero-order valence-corrected chi connectivity index (χ0v) is 12.1. The lowest BCUT2D eigenvalue weighted by molar-refractivity contribution is -0.500. The summed E-state index contributed by atoms with van der Waals surface area (Å²) in [6.45, 7) is 3.81. The van der Waals surface area contributed by atoms with E-state index in [0.717, 1.165) is 5.56 Å². The van der Waals surface area contributed by atoms with E-state index in [9.17, 15) is 4.79 Å². The minimum Gasteiger partial charge on any atom is -0.431 e. The monoisotopic (exact) mass is 287 g/mol. The van der Waals surface area contributed by atoms with Crippen molar-refractivity contribution in [2.75, 3.05) is 5.32 Å². The van der Waals surface area contributed by atoms with E-state index < -0.39 is 5.54 Å². The average Bonchev–Trinajstić information content (AvgIpc) is 2.93. The van der Waals surface area contributed by atoms with E-state index in [0.29, 0.717) is 5.88 Å². The van der Waals surface area contributed by atoms with Crippen LogP contribution in [0.1, 0.15) is 19.4 Å². The number of furan rings is 1. The van der Waals surface area contributed by atoms with Crippen LogP contribution in [0, 0.1) is 0 Å². The van der Waals surface area contributed by atoms with Gasteiger partial charge in [-0.15, -0.1) is 4.58 Å². The second-order valence-electron chi connectivity index (χ2n) is 4.76. The Morgan fingerprint density at radius 1 is 1.25 bits per heavy atom. The molecule has 1 aromatic heterocycles. The van der Waals surface area contributed by atoms with E-state index in [2.05, 4.69) is 5.32 Å². The van der Waals surface area contributed by atoms with Crippen LogP contribution in [0.25, 0.3) is 0 Å². The lowest BCUT2D eigenvalue weighted by Gasteiger charge is -2.22. The summed E-state index contributed by atoms with van der Waals surface area (Å²) in [5.41, 5.74) is 0.353. The summed E-state index contributed by atoms with van der Waals surface area (Å²) in [7, 11) is 0. The molecule has 2 rings (SSSR count). The molecule has 1 heterocycles. The number of hydrogen-bond donors (Lipinski definition) is 1. The number of hydrogen-bond acceptors (Lipinski definition) is 3. The van der Waals surface area contributed by atoms with Crippen molar-refractivity contribution in [2.24, 2.45) is 0 Å². The molecule has 1 N–H and O–H groups in total. The van der Waals surface area contributed by atoms with E-state index in [1.165, 1.54) is 10.8 Å². The van der Waals surface area contributed by atoms with Crippen LogP contribution in [0.3, 0.4) is 0 Å². The van der Waals surface area contributed by atoms with Crippen molar-refractivity contribution < 1.29 is 13.8 Å². The number of rotatable bonds is 3. The topological polar surface area (TPSA) is 45.2 Å². The predicted molar refractivity (Wildman–Crippen MR) is 80.4 cm³/mol. The molecule has 20 heavy (non-hydrogen) atoms. The highest BCUT2D eigenvalue weighted by Crippen LogP contribution is 2.24. The highest BCUT2D eigenvalue weighted by Gasteiger charge is 2.34. The second-order valence-corrected chi connectivity index (χ2v) is 5.15. The summed E-state index contributed by atoms with van der Waals surface area (Å²) in [4.78, 5) is 11.3. The van der Waals surface area contributed by atoms with Crippen LogP contribution in [0.2, 0.25) is 0 Å². The first-order valence-electron chi connectivity index (χ1n) is 6.13. The maximum absolute atomic E-state index is 11.3.